The Labute approximate surface area is 82.1 Å². The minimum Gasteiger partial charge on any atom is -0.466 e. The Hall–Kier alpha value is -1.54. The first kappa shape index (κ1) is 7.83. The fraction of sp³-hybridized carbons (Fsp3) is 0.167. The Balaban J connectivity index is 1.81. The van der Waals surface area contributed by atoms with Gasteiger partial charge in [-0.1, -0.05) is 30.3 Å². The number of benzene rings is 1. The summed E-state index contributed by atoms with van der Waals surface area (Å²) in [7, 11) is 0. The molecule has 0 N–H and O–H groups in total. The normalized spacial score (nSPS) is 24.9. The van der Waals surface area contributed by atoms with Crippen molar-refractivity contribution in [1.82, 2.24) is 0 Å². The molecule has 1 aliphatic rings. The molecule has 0 saturated carbocycles. The van der Waals surface area contributed by atoms with Crippen LogP contribution in [0.25, 0.3) is 0 Å². The van der Waals surface area contributed by atoms with Gasteiger partial charge in [-0.2, -0.15) is 0 Å². The monoisotopic (exact) mass is 186 g/mol. The Morgan fingerprint density at radius 2 is 1.71 bits per heavy atom. The van der Waals surface area contributed by atoms with E-state index in [-0.39, 0.29) is 12.2 Å². The van der Waals surface area contributed by atoms with Crippen LogP contribution in [0.3, 0.4) is 0 Å². The van der Waals surface area contributed by atoms with Crippen molar-refractivity contribution in [1.29, 1.82) is 0 Å². The molecular formula is C12H10O2. The van der Waals surface area contributed by atoms with E-state index in [0.717, 1.165) is 5.76 Å². The van der Waals surface area contributed by atoms with Gasteiger partial charge in [0.15, 0.2) is 0 Å². The molecule has 14 heavy (non-hydrogen) atoms. The molecular weight excluding hydrogens is 176 g/mol. The summed E-state index contributed by atoms with van der Waals surface area (Å²) in [6.45, 7) is 0. The van der Waals surface area contributed by atoms with Gasteiger partial charge in [-0.25, -0.2) is 0 Å². The molecule has 2 aromatic rings. The Bertz CT molecular complexity index is 405. The van der Waals surface area contributed by atoms with Gasteiger partial charge in [-0.05, 0) is 17.7 Å². The van der Waals surface area contributed by atoms with Gasteiger partial charge < -0.3 is 9.15 Å². The van der Waals surface area contributed by atoms with Crippen LogP contribution in [0.1, 0.15) is 23.5 Å². The fourth-order valence-corrected chi connectivity index (χ4v) is 1.68. The first-order valence-corrected chi connectivity index (χ1v) is 4.69. The maximum absolute atomic E-state index is 5.55. The van der Waals surface area contributed by atoms with Gasteiger partial charge in [0, 0.05) is 0 Å². The van der Waals surface area contributed by atoms with Crippen LogP contribution >= 0.6 is 0 Å². The second kappa shape index (κ2) is 3.00. The Morgan fingerprint density at radius 3 is 2.43 bits per heavy atom. The van der Waals surface area contributed by atoms with Gasteiger partial charge in [0.2, 0.25) is 0 Å². The van der Waals surface area contributed by atoms with Crippen molar-refractivity contribution in [2.75, 3.05) is 0 Å². The van der Waals surface area contributed by atoms with Crippen molar-refractivity contribution >= 4 is 0 Å². The SMILES string of the molecule is c1ccc([C@H]2O[C@@H]2c2ccco2)cc1. The minimum absolute atomic E-state index is 0.118. The summed E-state index contributed by atoms with van der Waals surface area (Å²) in [4.78, 5) is 0. The largest absolute Gasteiger partial charge is 0.466 e. The summed E-state index contributed by atoms with van der Waals surface area (Å²) in [5.41, 5.74) is 1.22. The zero-order valence-corrected chi connectivity index (χ0v) is 7.59. The third-order valence-electron chi connectivity index (χ3n) is 2.44. The number of epoxide rings is 1. The lowest BCUT2D eigenvalue weighted by Gasteiger charge is -1.92. The first-order chi connectivity index (χ1) is 6.95. The highest BCUT2D eigenvalue weighted by Gasteiger charge is 2.43. The Morgan fingerprint density at radius 1 is 0.857 bits per heavy atom. The second-order valence-corrected chi connectivity index (χ2v) is 3.40. The van der Waals surface area contributed by atoms with Crippen molar-refractivity contribution in [2.45, 2.75) is 12.2 Å². The van der Waals surface area contributed by atoms with Crippen LogP contribution in [0.5, 0.6) is 0 Å². The molecule has 0 unspecified atom stereocenters. The molecule has 0 bridgehead atoms. The standard InChI is InChI=1S/C12H10O2/c1-2-5-9(6-3-1)11-12(14-11)10-7-4-8-13-10/h1-8,11-12H/t11-,12-/m1/s1. The Kier molecular flexibility index (Phi) is 1.67. The molecule has 0 aliphatic carbocycles. The lowest BCUT2D eigenvalue weighted by atomic mass is 10.1. The molecule has 2 nitrogen and oxygen atoms in total. The minimum atomic E-state index is 0.118. The van der Waals surface area contributed by atoms with Crippen LogP contribution in [0.2, 0.25) is 0 Å². The second-order valence-electron chi connectivity index (χ2n) is 3.40. The molecule has 3 rings (SSSR count). The van der Waals surface area contributed by atoms with Gasteiger partial charge in [-0.3, -0.25) is 0 Å². The van der Waals surface area contributed by atoms with Crippen molar-refractivity contribution in [2.24, 2.45) is 0 Å². The molecule has 1 aromatic heterocycles. The van der Waals surface area contributed by atoms with Crippen LogP contribution in [0, 0.1) is 0 Å². The van der Waals surface area contributed by atoms with Crippen molar-refractivity contribution in [3.63, 3.8) is 0 Å². The predicted octanol–water partition coefficient (Wildman–Crippen LogP) is 3.09. The van der Waals surface area contributed by atoms with E-state index < -0.39 is 0 Å². The van der Waals surface area contributed by atoms with Crippen LogP contribution in [0.15, 0.2) is 53.1 Å². The van der Waals surface area contributed by atoms with E-state index >= 15 is 0 Å². The number of ether oxygens (including phenoxy) is 1. The van der Waals surface area contributed by atoms with Gasteiger partial charge in [-0.15, -0.1) is 0 Å². The van der Waals surface area contributed by atoms with Crippen molar-refractivity contribution < 1.29 is 9.15 Å². The fourth-order valence-electron chi connectivity index (χ4n) is 1.68. The van der Waals surface area contributed by atoms with Crippen LogP contribution in [0.4, 0.5) is 0 Å². The third kappa shape index (κ3) is 1.24. The molecule has 0 radical (unpaired) electrons. The van der Waals surface area contributed by atoms with E-state index in [4.69, 9.17) is 9.15 Å². The highest BCUT2D eigenvalue weighted by atomic mass is 16.6. The predicted molar refractivity (Wildman–Crippen MR) is 51.7 cm³/mol. The van der Waals surface area contributed by atoms with Gasteiger partial charge >= 0.3 is 0 Å². The highest BCUT2D eigenvalue weighted by molar-refractivity contribution is 5.25. The van der Waals surface area contributed by atoms with Gasteiger partial charge in [0.1, 0.15) is 18.0 Å². The van der Waals surface area contributed by atoms with Crippen LogP contribution in [-0.4, -0.2) is 0 Å². The number of rotatable bonds is 2. The molecule has 2 heteroatoms. The molecule has 70 valence electrons. The number of hydrogen-bond donors (Lipinski definition) is 0. The zero-order valence-electron chi connectivity index (χ0n) is 7.59. The van der Waals surface area contributed by atoms with Crippen LogP contribution < -0.4 is 0 Å². The van der Waals surface area contributed by atoms with Gasteiger partial charge in [0.25, 0.3) is 0 Å². The van der Waals surface area contributed by atoms with E-state index in [1.54, 1.807) is 6.26 Å². The van der Waals surface area contributed by atoms with Crippen molar-refractivity contribution in [3.05, 3.63) is 60.1 Å². The van der Waals surface area contributed by atoms with E-state index in [1.165, 1.54) is 5.56 Å². The smallest absolute Gasteiger partial charge is 0.146 e. The van der Waals surface area contributed by atoms with E-state index in [2.05, 4.69) is 12.1 Å². The molecule has 2 atom stereocenters. The number of hydrogen-bond acceptors (Lipinski definition) is 2. The molecule has 0 amide bonds. The van der Waals surface area contributed by atoms with E-state index in [1.807, 2.05) is 30.3 Å². The molecule has 2 heterocycles. The summed E-state index contributed by atoms with van der Waals surface area (Å²) in [5.74, 6) is 0.916. The number of furan rings is 1. The molecule has 1 aliphatic heterocycles. The maximum atomic E-state index is 5.55. The summed E-state index contributed by atoms with van der Waals surface area (Å²) >= 11 is 0. The maximum Gasteiger partial charge on any atom is 0.146 e. The molecule has 1 fully saturated rings. The molecule has 1 aromatic carbocycles. The lowest BCUT2D eigenvalue weighted by molar-refractivity contribution is 0.349. The third-order valence-corrected chi connectivity index (χ3v) is 2.44. The molecule has 1 saturated heterocycles. The van der Waals surface area contributed by atoms with E-state index in [0.29, 0.717) is 0 Å². The van der Waals surface area contributed by atoms with E-state index in [9.17, 15) is 0 Å². The lowest BCUT2D eigenvalue weighted by Crippen LogP contribution is -1.80. The molecule has 0 spiro atoms. The average molecular weight is 186 g/mol. The topological polar surface area (TPSA) is 25.7 Å². The summed E-state index contributed by atoms with van der Waals surface area (Å²) < 4.78 is 10.8. The van der Waals surface area contributed by atoms with Crippen molar-refractivity contribution in [3.8, 4) is 0 Å². The summed E-state index contributed by atoms with van der Waals surface area (Å²) in [6, 6.07) is 14.0. The quantitative estimate of drug-likeness (QED) is 0.673. The summed E-state index contributed by atoms with van der Waals surface area (Å²) in [5, 5.41) is 0. The zero-order chi connectivity index (χ0) is 9.38. The van der Waals surface area contributed by atoms with Gasteiger partial charge in [0.05, 0.1) is 6.26 Å². The summed E-state index contributed by atoms with van der Waals surface area (Å²) in [6.07, 6.45) is 1.98. The highest BCUT2D eigenvalue weighted by Crippen LogP contribution is 2.50. The van der Waals surface area contributed by atoms with Crippen LogP contribution in [-0.2, 0) is 4.74 Å². The average Bonchev–Trinajstić information content (AvgIpc) is 2.87. The first-order valence-electron chi connectivity index (χ1n) is 4.69.